The third kappa shape index (κ3) is 18.5. The Morgan fingerprint density at radius 1 is 0.309 bits per heavy atom. The standard InChI is InChI=1S/C75H129N3O3/c1-49-54(34-51-35-55(70(21,22)43-64(3,4)5)61(79)56(36-51)71(23,24)44-65(6,7)8)50(2)78(42-53-39-59(74(29,30)47-68(15,16)17)63(81)60(40-53)75(31,32)48-69(18,19)20)76(33)77(49)41-52-37-57(72(25,26)45-66(9,10)11)62(80)58(38-52)73(27,28)46-67(12,13)14/h35-40,49-50,54,79-81H,34,41-48H2,1-33H3. The van der Waals surface area contributed by atoms with Crippen molar-refractivity contribution in [3.05, 3.63) is 86.5 Å². The molecule has 81 heavy (non-hydrogen) atoms. The van der Waals surface area contributed by atoms with Gasteiger partial charge in [0.15, 0.2) is 0 Å². The number of nitrogens with zero attached hydrogens (tertiary/aromatic N) is 3. The predicted octanol–water partition coefficient (Wildman–Crippen LogP) is 20.8. The second-order valence-electron chi connectivity index (χ2n) is 37.9. The van der Waals surface area contributed by atoms with Gasteiger partial charge in [-0.2, -0.15) is 5.12 Å². The first-order valence-corrected chi connectivity index (χ1v) is 31.7. The number of phenolic OH excluding ortho intramolecular Hbond substituents is 3. The first-order chi connectivity index (χ1) is 35.8. The highest BCUT2D eigenvalue weighted by Crippen LogP contribution is 2.52. The molecule has 1 aliphatic rings. The number of hydrogen-bond acceptors (Lipinski definition) is 6. The first kappa shape index (κ1) is 70.4. The van der Waals surface area contributed by atoms with Crippen LogP contribution in [0.1, 0.15) is 310 Å². The number of aromatic hydroxyl groups is 3. The third-order valence-corrected chi connectivity index (χ3v) is 17.8. The van der Waals surface area contributed by atoms with Crippen LogP contribution in [0.25, 0.3) is 0 Å². The van der Waals surface area contributed by atoms with Crippen LogP contribution in [0.3, 0.4) is 0 Å². The van der Waals surface area contributed by atoms with Crippen molar-refractivity contribution in [2.45, 2.75) is 324 Å². The molecule has 3 aromatic rings. The van der Waals surface area contributed by atoms with E-state index in [0.717, 1.165) is 78.3 Å². The van der Waals surface area contributed by atoms with Crippen LogP contribution in [0, 0.1) is 38.4 Å². The van der Waals surface area contributed by atoms with Gasteiger partial charge in [0.05, 0.1) is 0 Å². The number of phenols is 3. The zero-order chi connectivity index (χ0) is 63.0. The average Bonchev–Trinajstić information content (AvgIpc) is 3.18. The fourth-order valence-electron chi connectivity index (χ4n) is 17.0. The molecular weight excluding hydrogens is 991 g/mol. The summed E-state index contributed by atoms with van der Waals surface area (Å²) in [4.78, 5) is 0. The van der Waals surface area contributed by atoms with E-state index in [0.29, 0.717) is 30.3 Å². The minimum absolute atomic E-state index is 0.0499. The van der Waals surface area contributed by atoms with Crippen molar-refractivity contribution >= 4 is 0 Å². The van der Waals surface area contributed by atoms with E-state index < -0.39 is 0 Å². The minimum Gasteiger partial charge on any atom is -0.507 e. The number of hydrogen-bond donors (Lipinski definition) is 3. The average molecular weight is 1120 g/mol. The first-order valence-electron chi connectivity index (χ1n) is 31.7. The van der Waals surface area contributed by atoms with Crippen molar-refractivity contribution in [2.24, 2.45) is 38.4 Å². The van der Waals surface area contributed by atoms with E-state index in [4.69, 9.17) is 0 Å². The van der Waals surface area contributed by atoms with Crippen molar-refractivity contribution in [2.75, 3.05) is 7.05 Å². The second-order valence-corrected chi connectivity index (χ2v) is 37.9. The summed E-state index contributed by atoms with van der Waals surface area (Å²) in [5, 5.41) is 45.7. The van der Waals surface area contributed by atoms with Crippen LogP contribution in [-0.2, 0) is 52.0 Å². The number of hydrazine groups is 2. The molecule has 2 unspecified atom stereocenters. The van der Waals surface area contributed by atoms with Crippen molar-refractivity contribution < 1.29 is 15.3 Å². The van der Waals surface area contributed by atoms with E-state index in [-0.39, 0.29) is 83.0 Å². The molecule has 0 radical (unpaired) electrons. The molecule has 3 N–H and O–H groups in total. The highest BCUT2D eigenvalue weighted by Gasteiger charge is 2.45. The maximum absolute atomic E-state index is 12.7. The van der Waals surface area contributed by atoms with Gasteiger partial charge in [0, 0.05) is 65.6 Å². The van der Waals surface area contributed by atoms with E-state index in [1.165, 1.54) is 16.7 Å². The van der Waals surface area contributed by atoms with Crippen molar-refractivity contribution in [3.63, 3.8) is 0 Å². The van der Waals surface area contributed by atoms with Gasteiger partial charge in [-0.05, 0) is 146 Å². The fourth-order valence-corrected chi connectivity index (χ4v) is 17.0. The van der Waals surface area contributed by atoms with Gasteiger partial charge < -0.3 is 15.3 Å². The molecule has 0 aromatic heterocycles. The molecule has 1 aliphatic heterocycles. The molecule has 4 rings (SSSR count). The quantitative estimate of drug-likeness (QED) is 0.118. The zero-order valence-electron chi connectivity index (χ0n) is 59.2. The van der Waals surface area contributed by atoms with E-state index in [1.54, 1.807) is 0 Å². The van der Waals surface area contributed by atoms with Crippen LogP contribution in [0.4, 0.5) is 0 Å². The minimum atomic E-state index is -0.293. The summed E-state index contributed by atoms with van der Waals surface area (Å²) in [7, 11) is 2.27. The maximum Gasteiger partial charge on any atom is 0.123 e. The Morgan fingerprint density at radius 3 is 0.654 bits per heavy atom. The van der Waals surface area contributed by atoms with E-state index in [1.807, 2.05) is 0 Å². The summed E-state index contributed by atoms with van der Waals surface area (Å²) in [5.74, 6) is 1.52. The number of rotatable bonds is 18. The molecular formula is C75H129N3O3. The molecule has 0 saturated carbocycles. The fraction of sp³-hybridized carbons (Fsp3) is 0.760. The Kier molecular flexibility index (Phi) is 20.3. The topological polar surface area (TPSA) is 70.4 Å². The number of benzene rings is 3. The van der Waals surface area contributed by atoms with Crippen LogP contribution in [0.15, 0.2) is 36.4 Å². The molecule has 3 aromatic carbocycles. The zero-order valence-corrected chi connectivity index (χ0v) is 59.2. The van der Waals surface area contributed by atoms with Gasteiger partial charge >= 0.3 is 0 Å². The highest BCUT2D eigenvalue weighted by molar-refractivity contribution is 5.53. The Bertz CT molecular complexity index is 2190. The van der Waals surface area contributed by atoms with Gasteiger partial charge in [0.1, 0.15) is 17.2 Å². The molecule has 6 heteroatoms. The molecule has 0 spiro atoms. The lowest BCUT2D eigenvalue weighted by molar-refractivity contribution is -0.263. The van der Waals surface area contributed by atoms with Gasteiger partial charge in [0.2, 0.25) is 0 Å². The van der Waals surface area contributed by atoms with Crippen molar-refractivity contribution in [3.8, 4) is 17.2 Å². The largest absolute Gasteiger partial charge is 0.507 e. The molecule has 0 bridgehead atoms. The SMILES string of the molecule is CC1C(Cc2cc(C(C)(C)CC(C)(C)C)c(O)c(C(C)(C)CC(C)(C)C)c2)C(C)N(Cc2cc(C(C)(C)CC(C)(C)C)c(O)c(C(C)(C)CC(C)(C)C)c2)N(C)N1Cc1cc(C(C)(C)CC(C)(C)C)c(O)c(C(C)(C)CC(C)(C)C)c1. The summed E-state index contributed by atoms with van der Waals surface area (Å²) in [6.07, 6.45) is 6.40. The Morgan fingerprint density at radius 2 is 0.481 bits per heavy atom. The van der Waals surface area contributed by atoms with Gasteiger partial charge in [0.25, 0.3) is 0 Å². The van der Waals surface area contributed by atoms with Gasteiger partial charge in [-0.25, -0.2) is 10.0 Å². The molecule has 0 aliphatic carbocycles. The normalized spacial score (nSPS) is 19.0. The van der Waals surface area contributed by atoms with Gasteiger partial charge in [-0.1, -0.05) is 244 Å². The second kappa shape index (κ2) is 23.3. The molecule has 1 heterocycles. The monoisotopic (exact) mass is 1120 g/mol. The molecule has 1 fully saturated rings. The Labute approximate surface area is 501 Å². The van der Waals surface area contributed by atoms with Gasteiger partial charge in [-0.3, -0.25) is 0 Å². The van der Waals surface area contributed by atoms with Crippen LogP contribution in [0.2, 0.25) is 0 Å². The lowest BCUT2D eigenvalue weighted by Gasteiger charge is -2.55. The summed E-state index contributed by atoms with van der Waals surface area (Å²) < 4.78 is 0. The maximum atomic E-state index is 12.7. The van der Waals surface area contributed by atoms with Crippen LogP contribution < -0.4 is 0 Å². The summed E-state index contributed by atoms with van der Waals surface area (Å²) in [6.45, 7) is 75.8. The molecule has 462 valence electrons. The Balaban J connectivity index is 2.14. The Hall–Kier alpha value is -3.06. The summed E-state index contributed by atoms with van der Waals surface area (Å²) >= 11 is 0. The molecule has 1 saturated heterocycles. The third-order valence-electron chi connectivity index (χ3n) is 17.8. The van der Waals surface area contributed by atoms with Crippen molar-refractivity contribution in [1.29, 1.82) is 0 Å². The summed E-state index contributed by atoms with van der Waals surface area (Å²) in [5.41, 5.74) is 8.49. The van der Waals surface area contributed by atoms with Crippen LogP contribution in [0.5, 0.6) is 17.2 Å². The molecule has 2 atom stereocenters. The lowest BCUT2D eigenvalue weighted by Crippen LogP contribution is -2.66. The van der Waals surface area contributed by atoms with E-state index in [9.17, 15) is 15.3 Å². The molecule has 6 nitrogen and oxygen atoms in total. The van der Waals surface area contributed by atoms with Crippen molar-refractivity contribution in [1.82, 2.24) is 15.1 Å². The van der Waals surface area contributed by atoms with Gasteiger partial charge in [-0.15, -0.1) is 0 Å². The highest BCUT2D eigenvalue weighted by atomic mass is 16.3. The summed E-state index contributed by atoms with van der Waals surface area (Å²) in [6, 6.07) is 14.3. The lowest BCUT2D eigenvalue weighted by atomic mass is 9.67. The predicted molar refractivity (Wildman–Crippen MR) is 352 cm³/mol. The van der Waals surface area contributed by atoms with E-state index in [2.05, 4.69) is 280 Å². The van der Waals surface area contributed by atoms with E-state index >= 15 is 0 Å². The van der Waals surface area contributed by atoms with Crippen LogP contribution >= 0.6 is 0 Å². The smallest absolute Gasteiger partial charge is 0.123 e. The molecule has 0 amide bonds. The van der Waals surface area contributed by atoms with Crippen LogP contribution in [-0.4, -0.2) is 49.6 Å².